The highest BCUT2D eigenvalue weighted by molar-refractivity contribution is 7.18. The van der Waals surface area contributed by atoms with Crippen LogP contribution in [0.5, 0.6) is 5.75 Å². The van der Waals surface area contributed by atoms with Crippen LogP contribution in [0.3, 0.4) is 0 Å². The molecule has 0 bridgehead atoms. The van der Waals surface area contributed by atoms with Crippen molar-refractivity contribution in [2.45, 2.75) is 13.3 Å². The summed E-state index contributed by atoms with van der Waals surface area (Å²) in [6.07, 6.45) is 2.32. The third-order valence-electron chi connectivity index (χ3n) is 5.05. The number of aryl methyl sites for hydroxylation is 1. The minimum Gasteiger partial charge on any atom is -0.492 e. The number of nitrogens with one attached hydrogen (secondary N) is 1. The largest absolute Gasteiger partial charge is 0.492 e. The summed E-state index contributed by atoms with van der Waals surface area (Å²) in [6, 6.07) is 14.4. The lowest BCUT2D eigenvalue weighted by atomic mass is 10.0. The molecule has 0 aliphatic carbocycles. The highest BCUT2D eigenvalue weighted by Gasteiger charge is 2.22. The van der Waals surface area contributed by atoms with Crippen molar-refractivity contribution in [3.8, 4) is 16.9 Å². The first-order valence-electron chi connectivity index (χ1n) is 9.31. The highest BCUT2D eigenvalue weighted by Crippen LogP contribution is 2.34. The molecule has 0 spiro atoms. The fourth-order valence-corrected chi connectivity index (χ4v) is 4.51. The number of hydrogen-bond acceptors (Lipinski definition) is 5. The molecule has 2 aromatic carbocycles. The molecule has 1 N–H and O–H groups in total. The number of rotatable bonds is 4. The van der Waals surface area contributed by atoms with Gasteiger partial charge in [-0.3, -0.25) is 9.78 Å². The van der Waals surface area contributed by atoms with Gasteiger partial charge >= 0.3 is 0 Å². The van der Waals surface area contributed by atoms with Crippen LogP contribution in [0, 0.1) is 12.8 Å². The monoisotopic (exact) mass is 389 g/mol. The first-order chi connectivity index (χ1) is 13.7. The first kappa shape index (κ1) is 17.1. The first-order valence-corrected chi connectivity index (χ1v) is 10.1. The van der Waals surface area contributed by atoms with Crippen LogP contribution in [0.1, 0.15) is 11.4 Å². The van der Waals surface area contributed by atoms with Gasteiger partial charge in [0.05, 0.1) is 27.3 Å². The van der Waals surface area contributed by atoms with E-state index in [-0.39, 0.29) is 11.8 Å². The summed E-state index contributed by atoms with van der Waals surface area (Å²) in [5, 5.41) is 4.91. The predicted octanol–water partition coefficient (Wildman–Crippen LogP) is 4.33. The summed E-state index contributed by atoms with van der Waals surface area (Å²) >= 11 is 1.70. The Balaban J connectivity index is 1.54. The van der Waals surface area contributed by atoms with E-state index >= 15 is 0 Å². The zero-order chi connectivity index (χ0) is 19.1. The Morgan fingerprint density at radius 3 is 2.96 bits per heavy atom. The van der Waals surface area contributed by atoms with Crippen LogP contribution in [0.25, 0.3) is 32.2 Å². The van der Waals surface area contributed by atoms with E-state index in [2.05, 4.69) is 45.6 Å². The number of pyridine rings is 1. The third-order valence-corrected chi connectivity index (χ3v) is 5.98. The standard InChI is InChI=1S/C22H19N3O2S/c1-13-25-18-5-4-15(10-21(18)28-13)16-8-19-17(3-2-6-23-19)20(9-16)27-12-14-7-22(26)24-11-14/h2-6,8-10,14H,7,11-12H2,1H3,(H,24,26). The summed E-state index contributed by atoms with van der Waals surface area (Å²) in [7, 11) is 0. The fourth-order valence-electron chi connectivity index (χ4n) is 3.64. The van der Waals surface area contributed by atoms with E-state index in [1.807, 2.05) is 19.1 Å². The third kappa shape index (κ3) is 3.20. The van der Waals surface area contributed by atoms with E-state index in [0.717, 1.165) is 38.3 Å². The van der Waals surface area contributed by atoms with Gasteiger partial charge in [0.25, 0.3) is 0 Å². The van der Waals surface area contributed by atoms with Crippen LogP contribution in [-0.4, -0.2) is 29.0 Å². The van der Waals surface area contributed by atoms with Crippen LogP contribution in [0.15, 0.2) is 48.7 Å². The average molecular weight is 389 g/mol. The van der Waals surface area contributed by atoms with Crippen molar-refractivity contribution in [3.63, 3.8) is 0 Å². The number of amides is 1. The number of hydrogen-bond donors (Lipinski definition) is 1. The maximum Gasteiger partial charge on any atom is 0.220 e. The minimum absolute atomic E-state index is 0.0991. The quantitative estimate of drug-likeness (QED) is 0.564. The second-order valence-corrected chi connectivity index (χ2v) is 8.38. The topological polar surface area (TPSA) is 64.1 Å². The smallest absolute Gasteiger partial charge is 0.220 e. The molecule has 3 heterocycles. The second-order valence-electron chi connectivity index (χ2n) is 7.15. The summed E-state index contributed by atoms with van der Waals surface area (Å²) < 4.78 is 7.34. The van der Waals surface area contributed by atoms with Gasteiger partial charge < -0.3 is 10.1 Å². The van der Waals surface area contributed by atoms with Crippen molar-refractivity contribution in [1.29, 1.82) is 0 Å². The normalized spacial score (nSPS) is 16.6. The molecule has 0 saturated carbocycles. The molecule has 1 amide bonds. The van der Waals surface area contributed by atoms with Gasteiger partial charge in [-0.05, 0) is 54.4 Å². The molecule has 5 rings (SSSR count). The van der Waals surface area contributed by atoms with Crippen LogP contribution in [0.2, 0.25) is 0 Å². The van der Waals surface area contributed by atoms with Crippen LogP contribution < -0.4 is 10.1 Å². The number of ether oxygens (including phenoxy) is 1. The van der Waals surface area contributed by atoms with Crippen molar-refractivity contribution >= 4 is 38.4 Å². The van der Waals surface area contributed by atoms with Crippen molar-refractivity contribution in [2.24, 2.45) is 5.92 Å². The van der Waals surface area contributed by atoms with Gasteiger partial charge in [-0.25, -0.2) is 4.98 Å². The van der Waals surface area contributed by atoms with E-state index < -0.39 is 0 Å². The molecule has 1 saturated heterocycles. The Bertz CT molecular complexity index is 1200. The second kappa shape index (κ2) is 6.87. The van der Waals surface area contributed by atoms with Gasteiger partial charge in [0.15, 0.2) is 0 Å². The number of benzene rings is 2. The van der Waals surface area contributed by atoms with E-state index in [4.69, 9.17) is 4.74 Å². The number of carbonyl (C=O) groups excluding carboxylic acids is 1. The molecule has 5 nitrogen and oxygen atoms in total. The Hall–Kier alpha value is -2.99. The lowest BCUT2D eigenvalue weighted by Gasteiger charge is -2.14. The maximum atomic E-state index is 11.4. The van der Waals surface area contributed by atoms with Gasteiger partial charge in [-0.2, -0.15) is 0 Å². The Morgan fingerprint density at radius 2 is 2.11 bits per heavy atom. The lowest BCUT2D eigenvalue weighted by Crippen LogP contribution is -2.16. The molecule has 2 aromatic heterocycles. The molecule has 6 heteroatoms. The van der Waals surface area contributed by atoms with Gasteiger partial charge in [-0.15, -0.1) is 11.3 Å². The highest BCUT2D eigenvalue weighted by atomic mass is 32.1. The zero-order valence-corrected chi connectivity index (χ0v) is 16.3. The molecular formula is C22H19N3O2S. The van der Waals surface area contributed by atoms with Gasteiger partial charge in [0, 0.05) is 30.5 Å². The van der Waals surface area contributed by atoms with Crippen LogP contribution >= 0.6 is 11.3 Å². The molecule has 0 radical (unpaired) electrons. The molecule has 4 aromatic rings. The molecular weight excluding hydrogens is 370 g/mol. The van der Waals surface area contributed by atoms with E-state index in [1.165, 1.54) is 4.70 Å². The number of fused-ring (bicyclic) bond motifs is 2. The summed E-state index contributed by atoms with van der Waals surface area (Å²) in [6.45, 7) is 3.22. The van der Waals surface area contributed by atoms with Gasteiger partial charge in [0.2, 0.25) is 5.91 Å². The Morgan fingerprint density at radius 1 is 1.18 bits per heavy atom. The van der Waals surface area contributed by atoms with Crippen LogP contribution in [0.4, 0.5) is 0 Å². The molecule has 140 valence electrons. The van der Waals surface area contributed by atoms with E-state index in [1.54, 1.807) is 17.5 Å². The van der Waals surface area contributed by atoms with Gasteiger partial charge in [0.1, 0.15) is 5.75 Å². The lowest BCUT2D eigenvalue weighted by molar-refractivity contribution is -0.119. The molecule has 1 fully saturated rings. The van der Waals surface area contributed by atoms with Crippen LogP contribution in [-0.2, 0) is 4.79 Å². The zero-order valence-electron chi connectivity index (χ0n) is 15.4. The molecule has 1 unspecified atom stereocenters. The summed E-state index contributed by atoms with van der Waals surface area (Å²) in [5.41, 5.74) is 4.11. The molecule has 28 heavy (non-hydrogen) atoms. The van der Waals surface area contributed by atoms with Crippen molar-refractivity contribution < 1.29 is 9.53 Å². The number of nitrogens with zero attached hydrogens (tertiary/aromatic N) is 2. The fraction of sp³-hybridized carbons (Fsp3) is 0.227. The Kier molecular flexibility index (Phi) is 4.20. The molecule has 1 aliphatic rings. The minimum atomic E-state index is 0.0991. The summed E-state index contributed by atoms with van der Waals surface area (Å²) in [5.74, 6) is 1.11. The number of aromatic nitrogens is 2. The Labute approximate surface area is 166 Å². The SMILES string of the molecule is Cc1nc2ccc(-c3cc(OCC4CNC(=O)C4)c4cccnc4c3)cc2s1. The molecule has 1 atom stereocenters. The van der Waals surface area contributed by atoms with E-state index in [0.29, 0.717) is 19.6 Å². The molecule has 1 aliphatic heterocycles. The van der Waals surface area contributed by atoms with Crippen molar-refractivity contribution in [2.75, 3.05) is 13.2 Å². The summed E-state index contributed by atoms with van der Waals surface area (Å²) in [4.78, 5) is 20.5. The number of carbonyl (C=O) groups is 1. The van der Waals surface area contributed by atoms with Gasteiger partial charge in [-0.1, -0.05) is 6.07 Å². The predicted molar refractivity (Wildman–Crippen MR) is 112 cm³/mol. The van der Waals surface area contributed by atoms with Crippen molar-refractivity contribution in [3.05, 3.63) is 53.7 Å². The van der Waals surface area contributed by atoms with E-state index in [9.17, 15) is 4.79 Å². The maximum absolute atomic E-state index is 11.4. The number of thiazole rings is 1. The average Bonchev–Trinajstić information content (AvgIpc) is 3.29. The van der Waals surface area contributed by atoms with Crippen molar-refractivity contribution in [1.82, 2.24) is 15.3 Å².